The van der Waals surface area contributed by atoms with Gasteiger partial charge in [0.1, 0.15) is 18.3 Å². The predicted molar refractivity (Wildman–Crippen MR) is 66.6 cm³/mol. The molecule has 1 saturated heterocycles. The van der Waals surface area contributed by atoms with Crippen molar-refractivity contribution in [3.05, 3.63) is 25.8 Å². The maximum absolute atomic E-state index is 11.3. The van der Waals surface area contributed by atoms with Crippen LogP contribution >= 0.6 is 28.1 Å². The summed E-state index contributed by atoms with van der Waals surface area (Å²) in [5.74, 6) is 0. The molecular formula is C9H11BrN2O5S. The number of hydrogen-bond acceptors (Lipinski definition) is 6. The minimum atomic E-state index is -1.24. The number of aliphatic hydroxyl groups is 3. The van der Waals surface area contributed by atoms with E-state index in [1.54, 1.807) is 0 Å². The molecular weight excluding hydrogens is 328 g/mol. The van der Waals surface area contributed by atoms with E-state index in [4.69, 9.17) is 22.1 Å². The second-order valence-electron chi connectivity index (χ2n) is 3.87. The normalized spacial score (nSPS) is 31.8. The highest BCUT2D eigenvalue weighted by Crippen LogP contribution is 2.29. The zero-order valence-electron chi connectivity index (χ0n) is 8.99. The van der Waals surface area contributed by atoms with E-state index in [1.165, 1.54) is 10.8 Å². The molecule has 7 nitrogen and oxygen atoms in total. The molecule has 2 rings (SSSR count). The van der Waals surface area contributed by atoms with Gasteiger partial charge >= 0.3 is 0 Å². The monoisotopic (exact) mass is 338 g/mol. The van der Waals surface area contributed by atoms with Crippen LogP contribution in [0.25, 0.3) is 0 Å². The van der Waals surface area contributed by atoms with Crippen molar-refractivity contribution in [1.29, 1.82) is 0 Å². The lowest BCUT2D eigenvalue weighted by molar-refractivity contribution is -0.0542. The topological polar surface area (TPSA) is 108 Å². The molecule has 4 N–H and O–H groups in total. The van der Waals surface area contributed by atoms with Crippen LogP contribution in [0.4, 0.5) is 0 Å². The maximum atomic E-state index is 11.3. The van der Waals surface area contributed by atoms with Gasteiger partial charge < -0.3 is 20.1 Å². The number of aliphatic hydroxyl groups excluding tert-OH is 3. The number of aromatic amines is 1. The summed E-state index contributed by atoms with van der Waals surface area (Å²) >= 11 is 7.99. The van der Waals surface area contributed by atoms with Crippen LogP contribution in [-0.2, 0) is 4.74 Å². The number of rotatable bonds is 2. The number of H-pyrrole nitrogens is 1. The Morgan fingerprint density at radius 2 is 2.17 bits per heavy atom. The first kappa shape index (κ1) is 13.8. The van der Waals surface area contributed by atoms with Crippen molar-refractivity contribution in [3.8, 4) is 0 Å². The highest BCUT2D eigenvalue weighted by atomic mass is 79.9. The van der Waals surface area contributed by atoms with Crippen molar-refractivity contribution in [2.24, 2.45) is 0 Å². The first-order chi connectivity index (χ1) is 8.45. The van der Waals surface area contributed by atoms with Crippen molar-refractivity contribution < 1.29 is 20.1 Å². The fourth-order valence-electron chi connectivity index (χ4n) is 1.76. The number of aromatic nitrogens is 2. The smallest absolute Gasteiger partial charge is 0.265 e. The lowest BCUT2D eigenvalue weighted by Crippen LogP contribution is -2.33. The van der Waals surface area contributed by atoms with Crippen molar-refractivity contribution in [3.63, 3.8) is 0 Å². The third-order valence-electron chi connectivity index (χ3n) is 2.72. The highest BCUT2D eigenvalue weighted by molar-refractivity contribution is 9.10. The fraction of sp³-hybridized carbons (Fsp3) is 0.556. The summed E-state index contributed by atoms with van der Waals surface area (Å²) < 4.78 is 6.88. The van der Waals surface area contributed by atoms with Gasteiger partial charge in [-0.2, -0.15) is 0 Å². The third-order valence-corrected chi connectivity index (χ3v) is 3.59. The molecule has 0 aliphatic carbocycles. The van der Waals surface area contributed by atoms with Crippen LogP contribution in [0.2, 0.25) is 0 Å². The Morgan fingerprint density at radius 1 is 1.50 bits per heavy atom. The Kier molecular flexibility index (Phi) is 3.99. The molecule has 1 fully saturated rings. The second-order valence-corrected chi connectivity index (χ2v) is 5.11. The van der Waals surface area contributed by atoms with Gasteiger partial charge in [-0.1, -0.05) is 0 Å². The van der Waals surface area contributed by atoms with Crippen LogP contribution in [0.1, 0.15) is 6.23 Å². The molecule has 1 aromatic rings. The van der Waals surface area contributed by atoms with E-state index < -0.39 is 36.7 Å². The standard InChI is InChI=1S/C9H11BrN2O5S/c10-3-1-12(9(18)11-7(3)16)8-6(15)5(14)4(2-13)17-8/h1,4-6,8,13-15H,2H2,(H,11,16,18)/t4-,5-,6-,8-/m1/s1. The lowest BCUT2D eigenvalue weighted by atomic mass is 10.1. The quantitative estimate of drug-likeness (QED) is 0.530. The van der Waals surface area contributed by atoms with Gasteiger partial charge in [-0.15, -0.1) is 0 Å². The molecule has 2 heterocycles. The Balaban J connectivity index is 2.42. The SMILES string of the molecule is O=c1[nH]c(=S)n([C@@H]2O[C@H](CO)[C@@H](O)[C@H]2O)cc1Br. The molecule has 1 aliphatic rings. The van der Waals surface area contributed by atoms with Gasteiger partial charge in [0.15, 0.2) is 11.0 Å². The Hall–Kier alpha value is -0.580. The predicted octanol–water partition coefficient (Wildman–Crippen LogP) is -0.720. The molecule has 4 atom stereocenters. The molecule has 0 amide bonds. The average molecular weight is 339 g/mol. The molecule has 0 aromatic carbocycles. The molecule has 1 aromatic heterocycles. The first-order valence-electron chi connectivity index (χ1n) is 5.09. The van der Waals surface area contributed by atoms with Crippen LogP contribution in [0, 0.1) is 4.77 Å². The number of nitrogens with zero attached hydrogens (tertiary/aromatic N) is 1. The minimum Gasteiger partial charge on any atom is -0.394 e. The van der Waals surface area contributed by atoms with E-state index in [0.717, 1.165) is 0 Å². The molecule has 0 spiro atoms. The van der Waals surface area contributed by atoms with E-state index in [1.807, 2.05) is 0 Å². The van der Waals surface area contributed by atoms with Gasteiger partial charge in [0.25, 0.3) is 5.56 Å². The van der Waals surface area contributed by atoms with Gasteiger partial charge in [-0.25, -0.2) is 0 Å². The lowest BCUT2D eigenvalue weighted by Gasteiger charge is -2.18. The molecule has 9 heteroatoms. The maximum Gasteiger partial charge on any atom is 0.265 e. The molecule has 0 unspecified atom stereocenters. The van der Waals surface area contributed by atoms with Crippen molar-refractivity contribution >= 4 is 28.1 Å². The van der Waals surface area contributed by atoms with E-state index in [9.17, 15) is 15.0 Å². The number of halogens is 1. The molecule has 0 radical (unpaired) electrons. The highest BCUT2D eigenvalue weighted by Gasteiger charge is 2.43. The van der Waals surface area contributed by atoms with Gasteiger partial charge in [0, 0.05) is 6.20 Å². The van der Waals surface area contributed by atoms with Gasteiger partial charge in [-0.3, -0.25) is 14.3 Å². The van der Waals surface area contributed by atoms with Crippen molar-refractivity contribution in [2.75, 3.05) is 6.61 Å². The molecule has 0 saturated carbocycles. The third kappa shape index (κ3) is 2.29. The molecule has 100 valence electrons. The van der Waals surface area contributed by atoms with E-state index in [-0.39, 0.29) is 9.24 Å². The molecule has 18 heavy (non-hydrogen) atoms. The Labute approximate surface area is 115 Å². The summed E-state index contributed by atoms with van der Waals surface area (Å²) in [6.07, 6.45) is -2.95. The van der Waals surface area contributed by atoms with Crippen LogP contribution in [0.15, 0.2) is 15.5 Å². The largest absolute Gasteiger partial charge is 0.394 e. The van der Waals surface area contributed by atoms with Gasteiger partial charge in [-0.05, 0) is 28.1 Å². The van der Waals surface area contributed by atoms with Crippen LogP contribution in [0.3, 0.4) is 0 Å². The molecule has 0 bridgehead atoms. The fourth-order valence-corrected chi connectivity index (χ4v) is 2.33. The van der Waals surface area contributed by atoms with Gasteiger partial charge in [0.2, 0.25) is 0 Å². The summed E-state index contributed by atoms with van der Waals surface area (Å²) in [5, 5.41) is 28.5. The summed E-state index contributed by atoms with van der Waals surface area (Å²) in [5.41, 5.74) is -0.400. The van der Waals surface area contributed by atoms with Gasteiger partial charge in [0.05, 0.1) is 11.1 Å². The van der Waals surface area contributed by atoms with Crippen LogP contribution in [-0.4, -0.2) is 49.8 Å². The minimum absolute atomic E-state index is 0.0537. The second kappa shape index (κ2) is 5.19. The summed E-state index contributed by atoms with van der Waals surface area (Å²) in [6.45, 7) is -0.424. The van der Waals surface area contributed by atoms with E-state index in [2.05, 4.69) is 20.9 Å². The first-order valence-corrected chi connectivity index (χ1v) is 6.29. The summed E-state index contributed by atoms with van der Waals surface area (Å²) in [6, 6.07) is 0. The van der Waals surface area contributed by atoms with E-state index >= 15 is 0 Å². The Bertz CT molecular complexity index is 559. The summed E-state index contributed by atoms with van der Waals surface area (Å²) in [7, 11) is 0. The van der Waals surface area contributed by atoms with Crippen molar-refractivity contribution in [2.45, 2.75) is 24.5 Å². The van der Waals surface area contributed by atoms with Crippen molar-refractivity contribution in [1.82, 2.24) is 9.55 Å². The van der Waals surface area contributed by atoms with Crippen LogP contribution in [0.5, 0.6) is 0 Å². The zero-order valence-corrected chi connectivity index (χ0v) is 11.4. The number of hydrogen-bond donors (Lipinski definition) is 4. The number of ether oxygens (including phenoxy) is 1. The van der Waals surface area contributed by atoms with Crippen LogP contribution < -0.4 is 5.56 Å². The zero-order chi connectivity index (χ0) is 13.4. The Morgan fingerprint density at radius 3 is 2.72 bits per heavy atom. The summed E-state index contributed by atoms with van der Waals surface area (Å²) in [4.78, 5) is 13.7. The number of nitrogens with one attached hydrogen (secondary N) is 1. The van der Waals surface area contributed by atoms with E-state index in [0.29, 0.717) is 0 Å². The average Bonchev–Trinajstić information content (AvgIpc) is 2.61. The molecule has 1 aliphatic heterocycles.